The zero-order valence-corrected chi connectivity index (χ0v) is 29.7. The van der Waals surface area contributed by atoms with Crippen LogP contribution in [0.15, 0.2) is 60.9 Å². The average Bonchev–Trinajstić information content (AvgIpc) is 3.89. The number of likely N-dealkylation sites (N-methyl/N-ethyl adjacent to an activating group) is 1. The maximum atomic E-state index is 13.3. The third-order valence-corrected chi connectivity index (χ3v) is 8.48. The molecule has 0 aliphatic carbocycles. The molecule has 0 fully saturated rings. The third-order valence-electron chi connectivity index (χ3n) is 8.48. The molecule has 6 amide bonds. The summed E-state index contributed by atoms with van der Waals surface area (Å²) >= 11 is 0. The SMILES string of the molecule is CN1C=C(NC=O)CC1C(=O)Nc1cc(C(=O)Nc2cc(C(=O)Nc3cc(C(=O)Nc4cc(C(=O)NCCC(=N)N)n(C)c4)n(C)c3)n(C)c2)n(C)c1. The lowest BCUT2D eigenvalue weighted by Crippen LogP contribution is -2.36. The van der Waals surface area contributed by atoms with Crippen LogP contribution < -0.4 is 37.6 Å². The predicted molar refractivity (Wildman–Crippen MR) is 196 cm³/mol. The molecule has 1 atom stereocenters. The normalized spacial score (nSPS) is 13.6. The van der Waals surface area contributed by atoms with E-state index in [0.29, 0.717) is 47.0 Å². The number of anilines is 4. The Balaban J connectivity index is 1.17. The summed E-state index contributed by atoms with van der Waals surface area (Å²) in [6, 6.07) is 5.54. The Labute approximate surface area is 303 Å². The van der Waals surface area contributed by atoms with Gasteiger partial charge in [-0.3, -0.25) is 34.2 Å². The molecule has 0 spiro atoms. The monoisotopic (exact) mass is 727 g/mol. The number of rotatable bonds is 14. The molecular formula is C34H41N13O6. The number of carbonyl (C=O) groups excluding carboxylic acids is 6. The lowest BCUT2D eigenvalue weighted by Gasteiger charge is -2.19. The number of hydrogen-bond acceptors (Lipinski definition) is 8. The molecule has 0 radical (unpaired) electrons. The van der Waals surface area contributed by atoms with Gasteiger partial charge in [-0.05, 0) is 24.3 Å². The lowest BCUT2D eigenvalue weighted by atomic mass is 10.2. The highest BCUT2D eigenvalue weighted by Gasteiger charge is 2.29. The van der Waals surface area contributed by atoms with Crippen molar-refractivity contribution in [2.24, 2.45) is 33.9 Å². The number of nitrogens with one attached hydrogen (secondary N) is 7. The van der Waals surface area contributed by atoms with Crippen molar-refractivity contribution in [2.45, 2.75) is 18.9 Å². The van der Waals surface area contributed by atoms with E-state index in [1.807, 2.05) is 0 Å². The second-order valence-corrected chi connectivity index (χ2v) is 12.6. The Bertz CT molecular complexity index is 2150. The maximum absolute atomic E-state index is 13.3. The standard InChI is InChI=1S/C34H41N13O6/c1-43-13-19(38-18-48)8-25(43)31(50)40-21-10-27(45(3)15-21)33(52)42-23-12-28(47(5)17-23)34(53)41-22-11-26(46(4)16-22)32(51)39-20-9-24(44(2)14-20)30(49)37-7-6-29(35)36/h9-18,25H,6-8H2,1-5H3,(H3,35,36)(H,37,49)(H,38,48)(H,39,51)(H,40,50)(H,41,53)(H,42,52). The minimum Gasteiger partial charge on any atom is -0.388 e. The van der Waals surface area contributed by atoms with E-state index in [2.05, 4.69) is 31.9 Å². The van der Waals surface area contributed by atoms with Crippen molar-refractivity contribution >= 4 is 64.5 Å². The van der Waals surface area contributed by atoms with Crippen LogP contribution in [0.25, 0.3) is 0 Å². The fourth-order valence-electron chi connectivity index (χ4n) is 5.84. The molecule has 278 valence electrons. The number of nitrogens with two attached hydrogens (primary N) is 1. The smallest absolute Gasteiger partial charge is 0.272 e. The number of carbonyl (C=O) groups is 6. The van der Waals surface area contributed by atoms with Crippen molar-refractivity contribution in [2.75, 3.05) is 34.9 Å². The number of nitrogens with zero attached hydrogens (tertiary/aromatic N) is 5. The van der Waals surface area contributed by atoms with E-state index in [1.165, 1.54) is 24.3 Å². The van der Waals surface area contributed by atoms with Crippen LogP contribution in [0.4, 0.5) is 22.7 Å². The second-order valence-electron chi connectivity index (χ2n) is 12.6. The van der Waals surface area contributed by atoms with Crippen LogP contribution in [-0.2, 0) is 37.8 Å². The summed E-state index contributed by atoms with van der Waals surface area (Å²) in [6.07, 6.45) is 9.13. The number of hydrogen-bond donors (Lipinski definition) is 8. The molecule has 19 nitrogen and oxygen atoms in total. The Hall–Kier alpha value is -7.05. The minimum absolute atomic E-state index is 0.0403. The van der Waals surface area contributed by atoms with Gasteiger partial charge in [0.15, 0.2) is 0 Å². The summed E-state index contributed by atoms with van der Waals surface area (Å²) < 4.78 is 6.21. The molecule has 5 rings (SSSR count). The molecular weight excluding hydrogens is 686 g/mol. The van der Waals surface area contributed by atoms with Crippen LogP contribution in [0, 0.1) is 5.41 Å². The van der Waals surface area contributed by atoms with Crippen LogP contribution in [0.3, 0.4) is 0 Å². The molecule has 0 aromatic carbocycles. The first-order valence-corrected chi connectivity index (χ1v) is 16.3. The molecule has 1 aliphatic rings. The first-order chi connectivity index (χ1) is 25.1. The highest BCUT2D eigenvalue weighted by atomic mass is 16.2. The molecule has 0 bridgehead atoms. The van der Waals surface area contributed by atoms with Gasteiger partial charge in [0.25, 0.3) is 23.6 Å². The van der Waals surface area contributed by atoms with Gasteiger partial charge in [-0.25, -0.2) is 0 Å². The van der Waals surface area contributed by atoms with Gasteiger partial charge in [-0.2, -0.15) is 0 Å². The number of amidine groups is 1. The van der Waals surface area contributed by atoms with Crippen LogP contribution in [-0.4, -0.2) is 84.6 Å². The van der Waals surface area contributed by atoms with E-state index in [0.717, 1.165) is 0 Å². The summed E-state index contributed by atoms with van der Waals surface area (Å²) in [5.74, 6) is -2.16. The fraction of sp³-hybridized carbons (Fsp3) is 0.265. The van der Waals surface area contributed by atoms with E-state index < -0.39 is 23.8 Å². The fourth-order valence-corrected chi connectivity index (χ4v) is 5.84. The first-order valence-electron chi connectivity index (χ1n) is 16.3. The van der Waals surface area contributed by atoms with Crippen molar-refractivity contribution in [1.29, 1.82) is 5.41 Å². The molecule has 1 unspecified atom stereocenters. The topological polar surface area (TPSA) is 247 Å². The largest absolute Gasteiger partial charge is 0.388 e. The predicted octanol–water partition coefficient (Wildman–Crippen LogP) is 1.08. The van der Waals surface area contributed by atoms with E-state index in [-0.39, 0.29) is 47.7 Å². The Kier molecular flexibility index (Phi) is 10.9. The minimum atomic E-state index is -0.529. The van der Waals surface area contributed by atoms with Crippen LogP contribution in [0.1, 0.15) is 54.8 Å². The summed E-state index contributed by atoms with van der Waals surface area (Å²) in [7, 11) is 8.34. The molecule has 0 saturated carbocycles. The summed E-state index contributed by atoms with van der Waals surface area (Å²) in [6.45, 7) is 0.205. The Morgan fingerprint density at radius 2 is 1.09 bits per heavy atom. The molecule has 9 N–H and O–H groups in total. The molecule has 0 saturated heterocycles. The van der Waals surface area contributed by atoms with Gasteiger partial charge in [0, 0.05) is 91.3 Å². The molecule has 19 heteroatoms. The zero-order chi connectivity index (χ0) is 38.6. The van der Waals surface area contributed by atoms with Crippen molar-refractivity contribution in [3.05, 3.63) is 83.7 Å². The van der Waals surface area contributed by atoms with Crippen LogP contribution in [0.2, 0.25) is 0 Å². The Morgan fingerprint density at radius 3 is 1.49 bits per heavy atom. The first kappa shape index (κ1) is 37.2. The van der Waals surface area contributed by atoms with Gasteiger partial charge < -0.3 is 60.8 Å². The number of aromatic nitrogens is 4. The van der Waals surface area contributed by atoms with Crippen LogP contribution >= 0.6 is 0 Å². The maximum Gasteiger partial charge on any atom is 0.272 e. The van der Waals surface area contributed by atoms with Crippen molar-refractivity contribution in [3.63, 3.8) is 0 Å². The highest BCUT2D eigenvalue weighted by Crippen LogP contribution is 2.23. The number of amides is 6. The summed E-state index contributed by atoms with van der Waals surface area (Å²) in [4.78, 5) is 77.5. The zero-order valence-electron chi connectivity index (χ0n) is 29.7. The summed E-state index contributed by atoms with van der Waals surface area (Å²) in [5, 5.41) is 23.6. The molecule has 53 heavy (non-hydrogen) atoms. The van der Waals surface area contributed by atoms with Gasteiger partial charge in [0.1, 0.15) is 28.8 Å². The lowest BCUT2D eigenvalue weighted by molar-refractivity contribution is -0.119. The van der Waals surface area contributed by atoms with Gasteiger partial charge in [-0.1, -0.05) is 0 Å². The van der Waals surface area contributed by atoms with Crippen LogP contribution in [0.5, 0.6) is 0 Å². The molecule has 5 heterocycles. The second kappa shape index (κ2) is 15.5. The third kappa shape index (κ3) is 8.64. The van der Waals surface area contributed by atoms with Gasteiger partial charge in [0.05, 0.1) is 28.6 Å². The van der Waals surface area contributed by atoms with Gasteiger partial charge >= 0.3 is 0 Å². The molecule has 4 aromatic heterocycles. The highest BCUT2D eigenvalue weighted by molar-refractivity contribution is 6.09. The van der Waals surface area contributed by atoms with Crippen molar-refractivity contribution in [1.82, 2.24) is 33.8 Å². The van der Waals surface area contributed by atoms with E-state index in [9.17, 15) is 28.8 Å². The van der Waals surface area contributed by atoms with E-state index >= 15 is 0 Å². The van der Waals surface area contributed by atoms with Gasteiger partial charge in [-0.15, -0.1) is 0 Å². The number of aryl methyl sites for hydroxylation is 4. The average molecular weight is 728 g/mol. The molecule has 1 aliphatic heterocycles. The van der Waals surface area contributed by atoms with E-state index in [4.69, 9.17) is 11.1 Å². The summed E-state index contributed by atoms with van der Waals surface area (Å²) in [5.41, 5.74) is 8.47. The van der Waals surface area contributed by atoms with Gasteiger partial charge in [0.2, 0.25) is 12.3 Å². The van der Waals surface area contributed by atoms with Crippen molar-refractivity contribution in [3.8, 4) is 0 Å². The Morgan fingerprint density at radius 1 is 0.698 bits per heavy atom. The van der Waals surface area contributed by atoms with E-state index in [1.54, 1.807) is 89.4 Å². The van der Waals surface area contributed by atoms with Crippen molar-refractivity contribution < 1.29 is 28.8 Å². The quantitative estimate of drug-likeness (QED) is 0.0529. The molecule has 4 aromatic rings.